The zero-order valence-corrected chi connectivity index (χ0v) is 9.00. The molecule has 2 aliphatic carbocycles. The Morgan fingerprint density at radius 3 is 3.21 bits per heavy atom. The first kappa shape index (κ1) is 9.97. The minimum atomic E-state index is -0.178. The topological polar surface area (TPSA) is 20.2 Å². The van der Waals surface area contributed by atoms with E-state index in [9.17, 15) is 5.11 Å². The van der Waals surface area contributed by atoms with Crippen molar-refractivity contribution in [1.82, 2.24) is 0 Å². The van der Waals surface area contributed by atoms with Gasteiger partial charge in [0.1, 0.15) is 0 Å². The van der Waals surface area contributed by atoms with Crippen LogP contribution in [0.4, 0.5) is 0 Å². The summed E-state index contributed by atoms with van der Waals surface area (Å²) < 4.78 is 0. The minimum Gasteiger partial charge on any atom is -0.389 e. The van der Waals surface area contributed by atoms with Crippen LogP contribution < -0.4 is 0 Å². The van der Waals surface area contributed by atoms with Gasteiger partial charge < -0.3 is 5.11 Å². The van der Waals surface area contributed by atoms with Gasteiger partial charge >= 0.3 is 0 Å². The molecule has 0 unspecified atom stereocenters. The van der Waals surface area contributed by atoms with Crippen molar-refractivity contribution in [3.63, 3.8) is 0 Å². The second kappa shape index (κ2) is 3.54. The van der Waals surface area contributed by atoms with Crippen molar-refractivity contribution in [2.75, 3.05) is 0 Å². The Balaban J connectivity index is 2.21. The lowest BCUT2D eigenvalue weighted by atomic mass is 9.72. The Bertz CT molecular complexity index is 266. The van der Waals surface area contributed by atoms with E-state index in [1.165, 1.54) is 31.3 Å². The fourth-order valence-corrected chi connectivity index (χ4v) is 3.49. The Kier molecular flexibility index (Phi) is 2.52. The van der Waals surface area contributed by atoms with Gasteiger partial charge in [0.15, 0.2) is 0 Å². The molecule has 0 heterocycles. The molecule has 78 valence electrons. The fraction of sp³-hybridized carbons (Fsp3) is 0.692. The minimum absolute atomic E-state index is 0.178. The van der Waals surface area contributed by atoms with Crippen LogP contribution in [0.3, 0.4) is 0 Å². The van der Waals surface area contributed by atoms with Crippen molar-refractivity contribution in [3.8, 4) is 0 Å². The van der Waals surface area contributed by atoms with Crippen LogP contribution in [-0.2, 0) is 0 Å². The maximum Gasteiger partial charge on any atom is 0.0760 e. The smallest absolute Gasteiger partial charge is 0.0760 e. The van der Waals surface area contributed by atoms with Crippen LogP contribution in [0.25, 0.3) is 0 Å². The van der Waals surface area contributed by atoms with E-state index < -0.39 is 0 Å². The summed E-state index contributed by atoms with van der Waals surface area (Å²) in [5, 5.41) is 9.93. The highest BCUT2D eigenvalue weighted by atomic mass is 16.3. The molecule has 0 aromatic carbocycles. The molecule has 3 atom stereocenters. The van der Waals surface area contributed by atoms with Crippen LogP contribution in [0.1, 0.15) is 39.0 Å². The molecule has 14 heavy (non-hydrogen) atoms. The lowest BCUT2D eigenvalue weighted by molar-refractivity contribution is 0.108. The van der Waals surface area contributed by atoms with Gasteiger partial charge in [0.05, 0.1) is 6.10 Å². The first-order chi connectivity index (χ1) is 6.70. The van der Waals surface area contributed by atoms with Crippen LogP contribution in [-0.4, -0.2) is 11.2 Å². The summed E-state index contributed by atoms with van der Waals surface area (Å²) in [7, 11) is 0. The van der Waals surface area contributed by atoms with Crippen molar-refractivity contribution in [2.24, 2.45) is 11.3 Å². The quantitative estimate of drug-likeness (QED) is 0.681. The normalized spacial score (nSPS) is 40.9. The number of rotatable bonds is 3. The maximum absolute atomic E-state index is 9.93. The van der Waals surface area contributed by atoms with Gasteiger partial charge in [-0.3, -0.25) is 0 Å². The average Bonchev–Trinajstić information content (AvgIpc) is 2.66. The second-order valence-electron chi connectivity index (χ2n) is 4.82. The molecule has 0 aromatic rings. The molecule has 0 saturated heterocycles. The van der Waals surface area contributed by atoms with E-state index in [0.29, 0.717) is 11.3 Å². The molecule has 0 aliphatic heterocycles. The van der Waals surface area contributed by atoms with Gasteiger partial charge in [0.2, 0.25) is 0 Å². The van der Waals surface area contributed by atoms with Gasteiger partial charge in [-0.15, -0.1) is 6.58 Å². The number of fused-ring (bicyclic) bond motifs is 1. The van der Waals surface area contributed by atoms with E-state index in [1.807, 2.05) is 6.08 Å². The van der Waals surface area contributed by atoms with E-state index in [2.05, 4.69) is 19.6 Å². The number of hydrogen-bond donors (Lipinski definition) is 1. The third-order valence-corrected chi connectivity index (χ3v) is 4.26. The van der Waals surface area contributed by atoms with Crippen molar-refractivity contribution in [1.29, 1.82) is 0 Å². The summed E-state index contributed by atoms with van der Waals surface area (Å²) in [5.41, 5.74) is 1.75. The molecule has 1 heteroatoms. The predicted octanol–water partition coefficient (Wildman–Crippen LogP) is 3.06. The lowest BCUT2D eigenvalue weighted by Gasteiger charge is -2.32. The highest BCUT2D eigenvalue weighted by Gasteiger charge is 2.49. The van der Waals surface area contributed by atoms with Crippen LogP contribution in [0.2, 0.25) is 0 Å². The van der Waals surface area contributed by atoms with Crippen LogP contribution in [0.15, 0.2) is 24.3 Å². The maximum atomic E-state index is 9.93. The van der Waals surface area contributed by atoms with E-state index in [4.69, 9.17) is 0 Å². The van der Waals surface area contributed by atoms with Gasteiger partial charge in [-0.05, 0) is 43.9 Å². The molecule has 1 saturated carbocycles. The zero-order valence-electron chi connectivity index (χ0n) is 9.00. The molecule has 1 fully saturated rings. The molecule has 0 aromatic heterocycles. The van der Waals surface area contributed by atoms with Crippen LogP contribution in [0.5, 0.6) is 0 Å². The average molecular weight is 192 g/mol. The number of allylic oxidation sites excluding steroid dienone is 2. The molecule has 1 N–H and O–H groups in total. The molecule has 0 bridgehead atoms. The van der Waals surface area contributed by atoms with Gasteiger partial charge in [0, 0.05) is 0 Å². The Hall–Kier alpha value is -0.560. The Labute approximate surface area is 86.5 Å². The lowest BCUT2D eigenvalue weighted by Crippen LogP contribution is -2.27. The van der Waals surface area contributed by atoms with E-state index in [1.54, 1.807) is 0 Å². The molecule has 1 nitrogen and oxygen atoms in total. The van der Waals surface area contributed by atoms with Crippen molar-refractivity contribution >= 4 is 0 Å². The van der Waals surface area contributed by atoms with E-state index in [0.717, 1.165) is 6.42 Å². The molecule has 0 spiro atoms. The molecule has 0 radical (unpaired) electrons. The summed E-state index contributed by atoms with van der Waals surface area (Å²) >= 11 is 0. The summed E-state index contributed by atoms with van der Waals surface area (Å²) in [4.78, 5) is 0. The predicted molar refractivity (Wildman–Crippen MR) is 59.0 cm³/mol. The van der Waals surface area contributed by atoms with Gasteiger partial charge in [0.25, 0.3) is 0 Å². The molecule has 2 aliphatic rings. The molecular formula is C13H20O. The fourth-order valence-electron chi connectivity index (χ4n) is 3.49. The van der Waals surface area contributed by atoms with E-state index >= 15 is 0 Å². The molecule has 0 amide bonds. The van der Waals surface area contributed by atoms with Crippen LogP contribution in [0, 0.1) is 11.3 Å². The summed E-state index contributed by atoms with van der Waals surface area (Å²) in [6, 6.07) is 0. The third-order valence-electron chi connectivity index (χ3n) is 4.26. The highest BCUT2D eigenvalue weighted by molar-refractivity contribution is 5.26. The highest BCUT2D eigenvalue weighted by Crippen LogP contribution is 2.57. The van der Waals surface area contributed by atoms with Crippen molar-refractivity contribution in [3.05, 3.63) is 24.3 Å². The number of aliphatic hydroxyl groups is 1. The van der Waals surface area contributed by atoms with Crippen LogP contribution >= 0.6 is 0 Å². The van der Waals surface area contributed by atoms with E-state index in [-0.39, 0.29) is 6.10 Å². The van der Waals surface area contributed by atoms with Gasteiger partial charge in [-0.2, -0.15) is 0 Å². The first-order valence-electron chi connectivity index (χ1n) is 5.68. The Morgan fingerprint density at radius 1 is 1.71 bits per heavy atom. The molecule has 2 rings (SSSR count). The largest absolute Gasteiger partial charge is 0.389 e. The van der Waals surface area contributed by atoms with Gasteiger partial charge in [-0.1, -0.05) is 24.1 Å². The van der Waals surface area contributed by atoms with Gasteiger partial charge in [-0.25, -0.2) is 0 Å². The summed E-state index contributed by atoms with van der Waals surface area (Å²) in [5.74, 6) is 0.502. The summed E-state index contributed by atoms with van der Waals surface area (Å²) in [6.45, 7) is 5.99. The third kappa shape index (κ3) is 1.26. The monoisotopic (exact) mass is 192 g/mol. The second-order valence-corrected chi connectivity index (χ2v) is 4.82. The zero-order chi connectivity index (χ0) is 10.2. The van der Waals surface area contributed by atoms with Crippen molar-refractivity contribution in [2.45, 2.75) is 45.1 Å². The Morgan fingerprint density at radius 2 is 2.50 bits per heavy atom. The standard InChI is InChI=1S/C13H20O/c1-3-4-7-13-8-5-6-11(13)12(14)9-10(13)2/h3,9,11-12,14H,1,4-8H2,2H3/t11-,12+,13+/m0/s1. The number of aliphatic hydroxyl groups excluding tert-OH is 1. The van der Waals surface area contributed by atoms with Crippen molar-refractivity contribution < 1.29 is 5.11 Å². The first-order valence-corrected chi connectivity index (χ1v) is 5.68. The SMILES string of the molecule is C=CCC[C@]12CCC[C@H]1[C@H](O)C=C2C. The molecular weight excluding hydrogens is 172 g/mol. The number of hydrogen-bond acceptors (Lipinski definition) is 1. The summed E-state index contributed by atoms with van der Waals surface area (Å²) in [6.07, 6.45) is 9.91.